The number of alkyl halides is 1. The third kappa shape index (κ3) is 5.48. The van der Waals surface area contributed by atoms with E-state index in [4.69, 9.17) is 0 Å². The van der Waals surface area contributed by atoms with Gasteiger partial charge in [-0.1, -0.05) is 52.6 Å². The number of nitrogens with one attached hydrogen (secondary N) is 1. The fourth-order valence-electron chi connectivity index (χ4n) is 1.79. The highest BCUT2D eigenvalue weighted by molar-refractivity contribution is 9.10. The van der Waals surface area contributed by atoms with E-state index in [2.05, 4.69) is 57.9 Å². The first-order chi connectivity index (χ1) is 9.10. The van der Waals surface area contributed by atoms with Crippen LogP contribution in [-0.2, 0) is 0 Å². The molecule has 0 aliphatic heterocycles. The van der Waals surface area contributed by atoms with Gasteiger partial charge in [0.25, 0.3) is 5.91 Å². The van der Waals surface area contributed by atoms with Crippen LogP contribution in [0.2, 0.25) is 0 Å². The van der Waals surface area contributed by atoms with Gasteiger partial charge in [-0.2, -0.15) is 0 Å². The number of hydrogen-bond donors (Lipinski definition) is 1. The van der Waals surface area contributed by atoms with Crippen molar-refractivity contribution >= 4 is 37.8 Å². The average Bonchev–Trinajstić information content (AvgIpc) is 2.22. The average molecular weight is 413 g/mol. The van der Waals surface area contributed by atoms with Crippen molar-refractivity contribution < 1.29 is 13.6 Å². The minimum absolute atomic E-state index is 0.0491. The summed E-state index contributed by atoms with van der Waals surface area (Å²) in [5.41, 5.74) is -0.448. The van der Waals surface area contributed by atoms with Crippen molar-refractivity contribution in [2.45, 2.75) is 32.0 Å². The van der Waals surface area contributed by atoms with Crippen molar-refractivity contribution in [1.82, 2.24) is 5.32 Å². The molecule has 1 rings (SSSR count). The van der Waals surface area contributed by atoms with Gasteiger partial charge in [0.1, 0.15) is 17.2 Å². The number of carbonyl (C=O) groups excluding carboxylic acids is 1. The van der Waals surface area contributed by atoms with Crippen molar-refractivity contribution in [3.8, 4) is 0 Å². The molecule has 0 aromatic heterocycles. The number of hydrogen-bond acceptors (Lipinski definition) is 1. The monoisotopic (exact) mass is 411 g/mol. The predicted octanol–water partition coefficient (Wildman–Crippen LogP) is 4.66. The van der Waals surface area contributed by atoms with Gasteiger partial charge in [-0.3, -0.25) is 4.79 Å². The third-order valence-corrected chi connectivity index (χ3v) is 3.66. The Morgan fingerprint density at radius 1 is 1.30 bits per heavy atom. The second kappa shape index (κ2) is 6.98. The molecule has 0 radical (unpaired) electrons. The molecule has 1 N–H and O–H groups in total. The fourth-order valence-corrected chi connectivity index (χ4v) is 3.32. The van der Waals surface area contributed by atoms with E-state index in [-0.39, 0.29) is 14.7 Å². The van der Waals surface area contributed by atoms with Crippen molar-refractivity contribution in [2.24, 2.45) is 5.41 Å². The highest BCUT2D eigenvalue weighted by atomic mass is 79.9. The second-order valence-corrected chi connectivity index (χ2v) is 8.03. The Balaban J connectivity index is 2.69. The van der Waals surface area contributed by atoms with Crippen molar-refractivity contribution in [2.75, 3.05) is 6.54 Å². The zero-order chi connectivity index (χ0) is 15.5. The van der Waals surface area contributed by atoms with Crippen LogP contribution in [0.1, 0.15) is 37.6 Å². The lowest BCUT2D eigenvalue weighted by Crippen LogP contribution is -2.32. The Labute approximate surface area is 134 Å². The molecule has 6 heteroatoms. The quantitative estimate of drug-likeness (QED) is 0.716. The standard InChI is InChI=1S/C14H17Br2F2NO/c1-14(2,3)6-9(16)7-19-13(20)12-10(17)4-8(15)5-11(12)18/h4-5,9H,6-7H2,1-3H3,(H,19,20). The Hall–Kier alpha value is -0.490. The predicted molar refractivity (Wildman–Crippen MR) is 83.2 cm³/mol. The summed E-state index contributed by atoms with van der Waals surface area (Å²) in [6.07, 6.45) is 0.832. The van der Waals surface area contributed by atoms with Crippen LogP contribution >= 0.6 is 31.9 Å². The first-order valence-corrected chi connectivity index (χ1v) is 7.88. The van der Waals surface area contributed by atoms with Crippen LogP contribution in [0.25, 0.3) is 0 Å². The molecule has 0 spiro atoms. The van der Waals surface area contributed by atoms with Crippen LogP contribution in [0.5, 0.6) is 0 Å². The van der Waals surface area contributed by atoms with Crippen molar-refractivity contribution in [1.29, 1.82) is 0 Å². The highest BCUT2D eigenvalue weighted by Crippen LogP contribution is 2.24. The van der Waals surface area contributed by atoms with Crippen LogP contribution in [-0.4, -0.2) is 17.3 Å². The second-order valence-electron chi connectivity index (χ2n) is 5.82. The van der Waals surface area contributed by atoms with Gasteiger partial charge in [-0.25, -0.2) is 8.78 Å². The number of carbonyl (C=O) groups is 1. The normalized spacial score (nSPS) is 13.2. The lowest BCUT2D eigenvalue weighted by Gasteiger charge is -2.22. The molecule has 0 aliphatic carbocycles. The number of rotatable bonds is 4. The van der Waals surface area contributed by atoms with E-state index >= 15 is 0 Å². The van der Waals surface area contributed by atoms with E-state index in [1.807, 2.05) is 0 Å². The van der Waals surface area contributed by atoms with E-state index in [0.29, 0.717) is 6.54 Å². The molecule has 20 heavy (non-hydrogen) atoms. The molecule has 0 heterocycles. The van der Waals surface area contributed by atoms with Crippen LogP contribution in [0.15, 0.2) is 16.6 Å². The molecule has 0 saturated carbocycles. The summed E-state index contributed by atoms with van der Waals surface area (Å²) < 4.78 is 27.5. The molecular weight excluding hydrogens is 396 g/mol. The summed E-state index contributed by atoms with van der Waals surface area (Å²) in [5.74, 6) is -2.50. The molecule has 1 aromatic rings. The molecule has 112 valence electrons. The van der Waals surface area contributed by atoms with Gasteiger partial charge in [0.15, 0.2) is 0 Å². The van der Waals surface area contributed by atoms with Crippen LogP contribution in [0.3, 0.4) is 0 Å². The first-order valence-electron chi connectivity index (χ1n) is 6.17. The maximum absolute atomic E-state index is 13.6. The van der Waals surface area contributed by atoms with Crippen LogP contribution in [0.4, 0.5) is 8.78 Å². The smallest absolute Gasteiger partial charge is 0.257 e. The van der Waals surface area contributed by atoms with Crippen molar-refractivity contribution in [3.63, 3.8) is 0 Å². The van der Waals surface area contributed by atoms with E-state index < -0.39 is 23.1 Å². The largest absolute Gasteiger partial charge is 0.351 e. The summed E-state index contributed by atoms with van der Waals surface area (Å²) in [6.45, 7) is 6.55. The zero-order valence-corrected chi connectivity index (χ0v) is 14.7. The Kier molecular flexibility index (Phi) is 6.13. The molecule has 1 unspecified atom stereocenters. The van der Waals surface area contributed by atoms with Gasteiger partial charge in [-0.05, 0) is 24.0 Å². The maximum atomic E-state index is 13.6. The lowest BCUT2D eigenvalue weighted by atomic mass is 9.90. The summed E-state index contributed by atoms with van der Waals surface area (Å²) in [5, 5.41) is 2.54. The SMILES string of the molecule is CC(C)(C)CC(Br)CNC(=O)c1c(F)cc(Br)cc1F. The summed E-state index contributed by atoms with van der Waals surface area (Å²) in [7, 11) is 0. The molecule has 1 amide bonds. The summed E-state index contributed by atoms with van der Waals surface area (Å²) in [6, 6.07) is 2.14. The minimum Gasteiger partial charge on any atom is -0.351 e. The lowest BCUT2D eigenvalue weighted by molar-refractivity contribution is 0.0944. The van der Waals surface area contributed by atoms with Gasteiger partial charge < -0.3 is 5.32 Å². The molecule has 1 atom stereocenters. The Morgan fingerprint density at radius 3 is 2.25 bits per heavy atom. The van der Waals surface area contributed by atoms with E-state index in [0.717, 1.165) is 18.6 Å². The van der Waals surface area contributed by atoms with E-state index in [1.165, 1.54) is 0 Å². The molecule has 0 fully saturated rings. The molecule has 0 aliphatic rings. The zero-order valence-electron chi connectivity index (χ0n) is 11.6. The fraction of sp³-hybridized carbons (Fsp3) is 0.500. The van der Waals surface area contributed by atoms with Crippen LogP contribution in [0, 0.1) is 17.0 Å². The maximum Gasteiger partial charge on any atom is 0.257 e. The minimum atomic E-state index is -0.878. The van der Waals surface area contributed by atoms with Crippen molar-refractivity contribution in [3.05, 3.63) is 33.8 Å². The van der Waals surface area contributed by atoms with Gasteiger partial charge in [0, 0.05) is 15.8 Å². The number of amides is 1. The molecule has 0 saturated heterocycles. The van der Waals surface area contributed by atoms with Gasteiger partial charge in [0.2, 0.25) is 0 Å². The highest BCUT2D eigenvalue weighted by Gasteiger charge is 2.21. The van der Waals surface area contributed by atoms with Gasteiger partial charge in [-0.15, -0.1) is 0 Å². The van der Waals surface area contributed by atoms with E-state index in [9.17, 15) is 13.6 Å². The molecule has 1 aromatic carbocycles. The summed E-state index contributed by atoms with van der Waals surface area (Å²) >= 11 is 6.43. The molecular formula is C14H17Br2F2NO. The Morgan fingerprint density at radius 2 is 1.80 bits per heavy atom. The first kappa shape index (κ1) is 17.6. The van der Waals surface area contributed by atoms with E-state index in [1.54, 1.807) is 0 Å². The topological polar surface area (TPSA) is 29.1 Å². The van der Waals surface area contributed by atoms with Gasteiger partial charge in [0.05, 0.1) is 0 Å². The van der Waals surface area contributed by atoms with Gasteiger partial charge >= 0.3 is 0 Å². The third-order valence-electron chi connectivity index (χ3n) is 2.55. The number of benzene rings is 1. The molecule has 2 nitrogen and oxygen atoms in total. The van der Waals surface area contributed by atoms with Crippen LogP contribution < -0.4 is 5.32 Å². The Bertz CT molecular complexity index is 477. The number of halogens is 4. The molecule has 0 bridgehead atoms. The summed E-state index contributed by atoms with van der Waals surface area (Å²) in [4.78, 5) is 11.9.